The van der Waals surface area contributed by atoms with Gasteiger partial charge in [0.2, 0.25) is 0 Å². The first kappa shape index (κ1) is 16.1. The molecule has 0 aliphatic rings. The monoisotopic (exact) mass is 330 g/mol. The molecule has 0 bridgehead atoms. The van der Waals surface area contributed by atoms with Crippen molar-refractivity contribution in [2.24, 2.45) is 0 Å². The predicted molar refractivity (Wildman–Crippen MR) is 75.2 cm³/mol. The van der Waals surface area contributed by atoms with Crippen LogP contribution >= 0.6 is 11.6 Å². The summed E-state index contributed by atoms with van der Waals surface area (Å²) in [6.07, 6.45) is -4.66. The maximum atomic E-state index is 12.9. The van der Waals surface area contributed by atoms with E-state index in [1.165, 1.54) is 25.1 Å². The van der Waals surface area contributed by atoms with Crippen LogP contribution in [0.5, 0.6) is 0 Å². The summed E-state index contributed by atoms with van der Waals surface area (Å²) in [5.74, 6) is -1.08. The molecule has 2 rings (SSSR count). The number of ketones is 1. The molecule has 1 heterocycles. The molecule has 0 fully saturated rings. The summed E-state index contributed by atoms with van der Waals surface area (Å²) in [5.41, 5.74) is -1.29. The Labute approximate surface area is 128 Å². The fourth-order valence-corrected chi connectivity index (χ4v) is 1.95. The van der Waals surface area contributed by atoms with Crippen LogP contribution in [0.4, 0.5) is 18.9 Å². The van der Waals surface area contributed by atoms with Crippen molar-refractivity contribution in [2.45, 2.75) is 13.1 Å². The molecule has 0 aliphatic carbocycles. The van der Waals surface area contributed by atoms with Gasteiger partial charge in [0.1, 0.15) is 5.69 Å². The average Bonchev–Trinajstić information content (AvgIpc) is 2.89. The number of carbonyl (C=O) groups excluding carboxylic acids is 2. The summed E-state index contributed by atoms with van der Waals surface area (Å²) in [6.45, 7) is 1.30. The summed E-state index contributed by atoms with van der Waals surface area (Å²) in [7, 11) is 0. The molecule has 22 heavy (non-hydrogen) atoms. The van der Waals surface area contributed by atoms with Crippen molar-refractivity contribution in [2.75, 3.05) is 5.32 Å². The van der Waals surface area contributed by atoms with E-state index in [2.05, 4.69) is 10.3 Å². The molecule has 0 spiro atoms. The minimum Gasteiger partial charge on any atom is -0.348 e. The molecule has 0 saturated heterocycles. The number of H-pyrrole nitrogens is 1. The van der Waals surface area contributed by atoms with Crippen LogP contribution in [0, 0.1) is 0 Å². The molecule has 2 N–H and O–H groups in total. The zero-order chi connectivity index (χ0) is 16.5. The molecule has 116 valence electrons. The number of benzene rings is 1. The number of halogens is 4. The lowest BCUT2D eigenvalue weighted by Gasteiger charge is -2.13. The number of rotatable bonds is 3. The van der Waals surface area contributed by atoms with Crippen LogP contribution in [0.3, 0.4) is 0 Å². The number of amides is 1. The van der Waals surface area contributed by atoms with Gasteiger partial charge in [0, 0.05) is 11.9 Å². The van der Waals surface area contributed by atoms with Crippen LogP contribution in [0.25, 0.3) is 0 Å². The van der Waals surface area contributed by atoms with Crippen molar-refractivity contribution in [1.29, 1.82) is 0 Å². The van der Waals surface area contributed by atoms with Crippen molar-refractivity contribution in [3.05, 3.63) is 52.3 Å². The lowest BCUT2D eigenvalue weighted by Crippen LogP contribution is -2.17. The summed E-state index contributed by atoms with van der Waals surface area (Å²) in [6, 6.07) is 5.73. The molecule has 0 aliphatic heterocycles. The second-order valence-electron chi connectivity index (χ2n) is 4.48. The van der Waals surface area contributed by atoms with E-state index < -0.39 is 23.3 Å². The largest absolute Gasteiger partial charge is 0.418 e. The number of alkyl halides is 3. The van der Waals surface area contributed by atoms with Crippen LogP contribution < -0.4 is 5.32 Å². The lowest BCUT2D eigenvalue weighted by atomic mass is 10.1. The van der Waals surface area contributed by atoms with Gasteiger partial charge in [-0.05, 0) is 30.3 Å². The number of aromatic amines is 1. The van der Waals surface area contributed by atoms with E-state index in [-0.39, 0.29) is 22.2 Å². The predicted octanol–water partition coefficient (Wildman–Crippen LogP) is 4.14. The van der Waals surface area contributed by atoms with E-state index in [0.29, 0.717) is 0 Å². The van der Waals surface area contributed by atoms with Crippen LogP contribution in [0.15, 0.2) is 30.3 Å². The standard InChI is InChI=1S/C14H10ClF3N2O2/c1-7(21)10-4-5-12(19-10)13(22)20-11-3-2-8(15)6-9(11)14(16,17)18/h2-6,19H,1H3,(H,20,22). The van der Waals surface area contributed by atoms with Crippen LogP contribution in [0.2, 0.25) is 5.02 Å². The van der Waals surface area contributed by atoms with Gasteiger partial charge in [-0.1, -0.05) is 11.6 Å². The Morgan fingerprint density at radius 3 is 2.32 bits per heavy atom. The minimum atomic E-state index is -4.66. The molecule has 0 saturated carbocycles. The molecule has 4 nitrogen and oxygen atoms in total. The molecular weight excluding hydrogens is 321 g/mol. The van der Waals surface area contributed by atoms with Gasteiger partial charge in [-0.15, -0.1) is 0 Å². The van der Waals surface area contributed by atoms with Gasteiger partial charge in [-0.3, -0.25) is 9.59 Å². The Balaban J connectivity index is 2.30. The number of hydrogen-bond acceptors (Lipinski definition) is 2. The molecule has 0 radical (unpaired) electrons. The average molecular weight is 331 g/mol. The summed E-state index contributed by atoms with van der Waals surface area (Å²) in [4.78, 5) is 25.6. The van der Waals surface area contributed by atoms with E-state index in [9.17, 15) is 22.8 Å². The van der Waals surface area contributed by atoms with Crippen molar-refractivity contribution in [3.63, 3.8) is 0 Å². The first-order chi connectivity index (χ1) is 10.2. The minimum absolute atomic E-state index is 0.0201. The van der Waals surface area contributed by atoms with Gasteiger partial charge in [0.05, 0.1) is 16.9 Å². The van der Waals surface area contributed by atoms with Gasteiger partial charge in [0.15, 0.2) is 5.78 Å². The quantitative estimate of drug-likeness (QED) is 0.831. The highest BCUT2D eigenvalue weighted by atomic mass is 35.5. The van der Waals surface area contributed by atoms with Gasteiger partial charge >= 0.3 is 6.18 Å². The molecule has 1 aromatic carbocycles. The van der Waals surface area contributed by atoms with E-state index in [0.717, 1.165) is 12.1 Å². The van der Waals surface area contributed by atoms with Crippen molar-refractivity contribution >= 4 is 29.0 Å². The summed E-state index contributed by atoms with van der Waals surface area (Å²) < 4.78 is 38.8. The highest BCUT2D eigenvalue weighted by Gasteiger charge is 2.34. The number of nitrogens with one attached hydrogen (secondary N) is 2. The van der Waals surface area contributed by atoms with Crippen molar-refractivity contribution in [1.82, 2.24) is 4.98 Å². The number of hydrogen-bond donors (Lipinski definition) is 2. The second-order valence-corrected chi connectivity index (χ2v) is 4.92. The van der Waals surface area contributed by atoms with E-state index in [1.807, 2.05) is 0 Å². The smallest absolute Gasteiger partial charge is 0.348 e. The van der Waals surface area contributed by atoms with Crippen LogP contribution in [-0.2, 0) is 6.18 Å². The summed E-state index contributed by atoms with van der Waals surface area (Å²) in [5, 5.41) is 2.06. The zero-order valence-electron chi connectivity index (χ0n) is 11.2. The SMILES string of the molecule is CC(=O)c1ccc(C(=O)Nc2ccc(Cl)cc2C(F)(F)F)[nH]1. The Hall–Kier alpha value is -2.28. The van der Waals surface area contributed by atoms with Crippen molar-refractivity contribution < 1.29 is 22.8 Å². The zero-order valence-corrected chi connectivity index (χ0v) is 12.0. The number of anilines is 1. The van der Waals surface area contributed by atoms with Crippen LogP contribution in [-0.4, -0.2) is 16.7 Å². The van der Waals surface area contributed by atoms with E-state index >= 15 is 0 Å². The molecule has 0 unspecified atom stereocenters. The molecule has 8 heteroatoms. The second kappa shape index (κ2) is 5.84. The molecule has 1 aromatic heterocycles. The number of aromatic nitrogens is 1. The Morgan fingerprint density at radius 1 is 1.14 bits per heavy atom. The number of carbonyl (C=O) groups is 2. The first-order valence-corrected chi connectivity index (χ1v) is 6.44. The Bertz CT molecular complexity index is 738. The fraction of sp³-hybridized carbons (Fsp3) is 0.143. The normalized spacial score (nSPS) is 11.3. The Morgan fingerprint density at radius 2 is 1.77 bits per heavy atom. The third-order valence-corrected chi connectivity index (χ3v) is 3.08. The molecule has 0 atom stereocenters. The highest BCUT2D eigenvalue weighted by molar-refractivity contribution is 6.30. The highest BCUT2D eigenvalue weighted by Crippen LogP contribution is 2.36. The van der Waals surface area contributed by atoms with Gasteiger partial charge in [-0.25, -0.2) is 0 Å². The molecule has 1 amide bonds. The first-order valence-electron chi connectivity index (χ1n) is 6.06. The maximum Gasteiger partial charge on any atom is 0.418 e. The summed E-state index contributed by atoms with van der Waals surface area (Å²) >= 11 is 5.56. The third kappa shape index (κ3) is 3.48. The fourth-order valence-electron chi connectivity index (χ4n) is 1.78. The molecular formula is C14H10ClF3N2O2. The number of Topliss-reactive ketones (excluding diaryl/α,β-unsaturated/α-hetero) is 1. The topological polar surface area (TPSA) is 62.0 Å². The third-order valence-electron chi connectivity index (χ3n) is 2.85. The lowest BCUT2D eigenvalue weighted by molar-refractivity contribution is -0.136. The molecule has 2 aromatic rings. The van der Waals surface area contributed by atoms with Crippen molar-refractivity contribution in [3.8, 4) is 0 Å². The van der Waals surface area contributed by atoms with E-state index in [4.69, 9.17) is 11.6 Å². The van der Waals surface area contributed by atoms with Crippen LogP contribution in [0.1, 0.15) is 33.5 Å². The van der Waals surface area contributed by atoms with Gasteiger partial charge < -0.3 is 10.3 Å². The maximum absolute atomic E-state index is 12.9. The van der Waals surface area contributed by atoms with Gasteiger partial charge in [-0.2, -0.15) is 13.2 Å². The van der Waals surface area contributed by atoms with E-state index in [1.54, 1.807) is 0 Å². The van der Waals surface area contributed by atoms with Gasteiger partial charge in [0.25, 0.3) is 5.91 Å². The Kier molecular flexibility index (Phi) is 4.27.